The molecule has 14 heavy (non-hydrogen) atoms. The zero-order valence-corrected chi connectivity index (χ0v) is 9.07. The van der Waals surface area contributed by atoms with Crippen molar-refractivity contribution >= 4 is 34.8 Å². The standard InChI is InChI=1S/C8H5Cl3N2O/c9-8(10,11)6-2-1-5(14-6)7-12-3-4-13-7/h1-4H,(H,12,13). The second kappa shape index (κ2) is 3.50. The number of alkyl halides is 3. The Morgan fingerprint density at radius 2 is 2.07 bits per heavy atom. The maximum Gasteiger partial charge on any atom is 0.248 e. The molecule has 0 fully saturated rings. The van der Waals surface area contributed by atoms with Gasteiger partial charge in [0.25, 0.3) is 0 Å². The van der Waals surface area contributed by atoms with Gasteiger partial charge in [0.2, 0.25) is 3.79 Å². The first-order valence-corrected chi connectivity index (χ1v) is 4.87. The Kier molecular flexibility index (Phi) is 2.47. The summed E-state index contributed by atoms with van der Waals surface area (Å²) < 4.78 is 3.77. The Balaban J connectivity index is 2.36. The molecule has 0 aliphatic carbocycles. The minimum absolute atomic E-state index is 0.272. The van der Waals surface area contributed by atoms with Crippen LogP contribution in [0, 0.1) is 0 Å². The lowest BCUT2D eigenvalue weighted by molar-refractivity contribution is 0.528. The lowest BCUT2D eigenvalue weighted by atomic mass is 10.4. The molecule has 0 spiro atoms. The number of hydrogen-bond acceptors (Lipinski definition) is 2. The molecule has 2 heterocycles. The Morgan fingerprint density at radius 1 is 1.29 bits per heavy atom. The van der Waals surface area contributed by atoms with E-state index in [-0.39, 0.29) is 5.76 Å². The van der Waals surface area contributed by atoms with Gasteiger partial charge < -0.3 is 9.40 Å². The average molecular weight is 252 g/mol. The van der Waals surface area contributed by atoms with Crippen molar-refractivity contribution in [3.8, 4) is 11.6 Å². The molecule has 0 aromatic carbocycles. The van der Waals surface area contributed by atoms with Gasteiger partial charge in [-0.2, -0.15) is 0 Å². The van der Waals surface area contributed by atoms with E-state index in [9.17, 15) is 0 Å². The van der Waals surface area contributed by atoms with Gasteiger partial charge in [-0.25, -0.2) is 4.98 Å². The van der Waals surface area contributed by atoms with Crippen LogP contribution in [0.4, 0.5) is 0 Å². The molecule has 0 aliphatic rings. The minimum Gasteiger partial charge on any atom is -0.453 e. The Labute approximate surface area is 95.0 Å². The molecule has 0 unspecified atom stereocenters. The van der Waals surface area contributed by atoms with Crippen LogP contribution >= 0.6 is 34.8 Å². The molecule has 2 aromatic heterocycles. The quantitative estimate of drug-likeness (QED) is 0.788. The van der Waals surface area contributed by atoms with E-state index >= 15 is 0 Å². The van der Waals surface area contributed by atoms with Gasteiger partial charge in [0.05, 0.1) is 0 Å². The molecule has 0 atom stereocenters. The van der Waals surface area contributed by atoms with Crippen molar-refractivity contribution in [3.05, 3.63) is 30.3 Å². The highest BCUT2D eigenvalue weighted by Gasteiger charge is 2.27. The summed E-state index contributed by atoms with van der Waals surface area (Å²) in [6.45, 7) is 0. The minimum atomic E-state index is -1.54. The van der Waals surface area contributed by atoms with E-state index in [0.29, 0.717) is 11.6 Å². The molecular weight excluding hydrogens is 246 g/mol. The average Bonchev–Trinajstić information content (AvgIpc) is 2.73. The number of aromatic amines is 1. The van der Waals surface area contributed by atoms with E-state index in [4.69, 9.17) is 39.2 Å². The van der Waals surface area contributed by atoms with Gasteiger partial charge in [-0.05, 0) is 12.1 Å². The predicted octanol–water partition coefficient (Wildman–Crippen LogP) is 3.50. The van der Waals surface area contributed by atoms with Crippen LogP contribution in [0.1, 0.15) is 5.76 Å². The van der Waals surface area contributed by atoms with Crippen LogP contribution in [0.5, 0.6) is 0 Å². The van der Waals surface area contributed by atoms with Crippen LogP contribution < -0.4 is 0 Å². The number of furan rings is 1. The molecule has 0 radical (unpaired) electrons. The largest absolute Gasteiger partial charge is 0.453 e. The number of rotatable bonds is 1. The number of imidazole rings is 1. The summed E-state index contributed by atoms with van der Waals surface area (Å²) in [5.41, 5.74) is 0. The molecule has 74 valence electrons. The van der Waals surface area contributed by atoms with Gasteiger partial charge in [0.1, 0.15) is 0 Å². The van der Waals surface area contributed by atoms with Crippen LogP contribution in [0.25, 0.3) is 11.6 Å². The van der Waals surface area contributed by atoms with Crippen LogP contribution in [0.2, 0.25) is 0 Å². The fraction of sp³-hybridized carbons (Fsp3) is 0.125. The molecule has 0 aliphatic heterocycles. The van der Waals surface area contributed by atoms with E-state index in [1.165, 1.54) is 0 Å². The van der Waals surface area contributed by atoms with E-state index in [2.05, 4.69) is 9.97 Å². The maximum absolute atomic E-state index is 5.64. The first kappa shape index (κ1) is 9.90. The van der Waals surface area contributed by atoms with Crippen molar-refractivity contribution in [1.29, 1.82) is 0 Å². The van der Waals surface area contributed by atoms with Crippen molar-refractivity contribution < 1.29 is 4.42 Å². The highest BCUT2D eigenvalue weighted by Crippen LogP contribution is 2.40. The molecule has 0 bridgehead atoms. The van der Waals surface area contributed by atoms with E-state index in [1.807, 2.05) is 0 Å². The van der Waals surface area contributed by atoms with Crippen molar-refractivity contribution in [2.45, 2.75) is 3.79 Å². The van der Waals surface area contributed by atoms with Gasteiger partial charge in [-0.15, -0.1) is 0 Å². The highest BCUT2D eigenvalue weighted by molar-refractivity contribution is 6.66. The second-order valence-electron chi connectivity index (χ2n) is 2.60. The van der Waals surface area contributed by atoms with Crippen LogP contribution in [-0.2, 0) is 3.79 Å². The van der Waals surface area contributed by atoms with Gasteiger partial charge in [-0.1, -0.05) is 34.8 Å². The highest BCUT2D eigenvalue weighted by atomic mass is 35.6. The zero-order valence-electron chi connectivity index (χ0n) is 6.80. The van der Waals surface area contributed by atoms with Crippen molar-refractivity contribution in [2.75, 3.05) is 0 Å². The third-order valence-corrected chi connectivity index (χ3v) is 2.18. The molecule has 1 N–H and O–H groups in total. The molecule has 2 aromatic rings. The van der Waals surface area contributed by atoms with Gasteiger partial charge >= 0.3 is 0 Å². The molecule has 0 saturated carbocycles. The van der Waals surface area contributed by atoms with Crippen LogP contribution in [-0.4, -0.2) is 9.97 Å². The number of nitrogens with zero attached hydrogens (tertiary/aromatic N) is 1. The van der Waals surface area contributed by atoms with Gasteiger partial charge in [0.15, 0.2) is 17.3 Å². The Morgan fingerprint density at radius 3 is 2.57 bits per heavy atom. The lowest BCUT2D eigenvalue weighted by Crippen LogP contribution is -1.96. The number of halogens is 3. The fourth-order valence-electron chi connectivity index (χ4n) is 1.02. The zero-order chi connectivity index (χ0) is 10.2. The van der Waals surface area contributed by atoms with E-state index < -0.39 is 3.79 Å². The Hall–Kier alpha value is -0.640. The summed E-state index contributed by atoms with van der Waals surface area (Å²) in [6, 6.07) is 3.29. The third-order valence-electron chi connectivity index (χ3n) is 1.62. The summed E-state index contributed by atoms with van der Waals surface area (Å²) >= 11 is 16.9. The number of aromatic nitrogens is 2. The van der Waals surface area contributed by atoms with E-state index in [1.54, 1.807) is 24.5 Å². The van der Waals surface area contributed by atoms with Crippen molar-refractivity contribution in [3.63, 3.8) is 0 Å². The lowest BCUT2D eigenvalue weighted by Gasteiger charge is -2.05. The number of H-pyrrole nitrogens is 1. The predicted molar refractivity (Wildman–Crippen MR) is 55.5 cm³/mol. The number of nitrogens with one attached hydrogen (secondary N) is 1. The maximum atomic E-state index is 5.64. The fourth-order valence-corrected chi connectivity index (χ4v) is 1.32. The van der Waals surface area contributed by atoms with Crippen molar-refractivity contribution in [1.82, 2.24) is 9.97 Å². The molecule has 0 saturated heterocycles. The molecular formula is C8H5Cl3N2O. The monoisotopic (exact) mass is 250 g/mol. The number of hydrogen-bond donors (Lipinski definition) is 1. The Bertz CT molecular complexity index is 416. The SMILES string of the molecule is ClC(Cl)(Cl)c1ccc(-c2ncc[nH]2)o1. The van der Waals surface area contributed by atoms with Crippen LogP contribution in [0.3, 0.4) is 0 Å². The smallest absolute Gasteiger partial charge is 0.248 e. The summed E-state index contributed by atoms with van der Waals surface area (Å²) in [5.74, 6) is 1.41. The summed E-state index contributed by atoms with van der Waals surface area (Å²) in [6.07, 6.45) is 3.31. The molecule has 0 amide bonds. The molecule has 2 rings (SSSR count). The summed E-state index contributed by atoms with van der Waals surface area (Å²) in [5, 5.41) is 0. The first-order valence-electron chi connectivity index (χ1n) is 3.74. The first-order chi connectivity index (χ1) is 6.57. The summed E-state index contributed by atoms with van der Waals surface area (Å²) in [7, 11) is 0. The molecule has 3 nitrogen and oxygen atoms in total. The third kappa shape index (κ3) is 1.90. The van der Waals surface area contributed by atoms with E-state index in [0.717, 1.165) is 0 Å². The topological polar surface area (TPSA) is 41.8 Å². The van der Waals surface area contributed by atoms with Gasteiger partial charge in [0, 0.05) is 12.4 Å². The second-order valence-corrected chi connectivity index (χ2v) is 4.88. The normalized spacial score (nSPS) is 11.9. The van der Waals surface area contributed by atoms with Gasteiger partial charge in [-0.3, -0.25) is 0 Å². The van der Waals surface area contributed by atoms with Crippen molar-refractivity contribution in [2.24, 2.45) is 0 Å². The summed E-state index contributed by atoms with van der Waals surface area (Å²) in [4.78, 5) is 6.89. The molecule has 6 heteroatoms. The van der Waals surface area contributed by atoms with Crippen LogP contribution in [0.15, 0.2) is 28.9 Å².